The minimum absolute atomic E-state index is 0.0922. The summed E-state index contributed by atoms with van der Waals surface area (Å²) in [5, 5.41) is 13.8. The van der Waals surface area contributed by atoms with Crippen LogP contribution in [0.2, 0.25) is 0 Å². The van der Waals surface area contributed by atoms with E-state index in [1.165, 1.54) is 19.1 Å². The maximum Gasteiger partial charge on any atom is 0.327 e. The van der Waals surface area contributed by atoms with Crippen molar-refractivity contribution in [1.29, 1.82) is 0 Å². The quantitative estimate of drug-likeness (QED) is 0.694. The molecule has 20 heavy (non-hydrogen) atoms. The van der Waals surface area contributed by atoms with Crippen LogP contribution in [0.4, 0.5) is 5.69 Å². The van der Waals surface area contributed by atoms with Crippen molar-refractivity contribution in [2.75, 3.05) is 5.32 Å². The average Bonchev–Trinajstić information content (AvgIpc) is 2.38. The van der Waals surface area contributed by atoms with Gasteiger partial charge in [-0.25, -0.2) is 4.79 Å². The summed E-state index contributed by atoms with van der Waals surface area (Å²) >= 11 is 0. The zero-order valence-electron chi connectivity index (χ0n) is 10.8. The minimum atomic E-state index is -1.19. The van der Waals surface area contributed by atoms with E-state index in [4.69, 9.17) is 11.5 Å². The van der Waals surface area contributed by atoms with Crippen molar-refractivity contribution in [2.45, 2.75) is 19.4 Å². The van der Waals surface area contributed by atoms with E-state index >= 15 is 0 Å². The molecule has 0 saturated heterocycles. The second-order valence-electron chi connectivity index (χ2n) is 4.03. The predicted molar refractivity (Wildman–Crippen MR) is 73.1 cm³/mol. The predicted octanol–water partition coefficient (Wildman–Crippen LogP) is 0.851. The van der Waals surface area contributed by atoms with Crippen LogP contribution < -0.4 is 10.6 Å². The van der Waals surface area contributed by atoms with E-state index < -0.39 is 17.9 Å². The van der Waals surface area contributed by atoms with Crippen LogP contribution in [0.1, 0.15) is 23.7 Å². The molecule has 0 bridgehead atoms. The first-order valence-corrected chi connectivity index (χ1v) is 5.79. The minimum Gasteiger partial charge on any atom is -0.480 e. The van der Waals surface area contributed by atoms with E-state index in [-0.39, 0.29) is 17.9 Å². The van der Waals surface area contributed by atoms with Crippen LogP contribution in [-0.4, -0.2) is 28.9 Å². The highest BCUT2D eigenvalue weighted by molar-refractivity contribution is 5.97. The summed E-state index contributed by atoms with van der Waals surface area (Å²) in [6, 6.07) is 4.94. The summed E-state index contributed by atoms with van der Waals surface area (Å²) in [6.45, 7) is 1.37. The SMILES string of the molecule is C#CC[C@@H](NC(=O)c1ccc(NC(C)=O)cc1)C(=O)O. The Morgan fingerprint density at radius 3 is 2.35 bits per heavy atom. The molecule has 1 atom stereocenters. The maximum atomic E-state index is 11.8. The van der Waals surface area contributed by atoms with Crippen molar-refractivity contribution in [2.24, 2.45) is 0 Å². The molecule has 0 aliphatic carbocycles. The summed E-state index contributed by atoms with van der Waals surface area (Å²) in [5.74, 6) is 0.245. The first kappa shape index (κ1) is 15.2. The number of terminal acetylenes is 1. The second-order valence-corrected chi connectivity index (χ2v) is 4.03. The van der Waals surface area contributed by atoms with Gasteiger partial charge in [0.2, 0.25) is 5.91 Å². The highest BCUT2D eigenvalue weighted by Crippen LogP contribution is 2.09. The number of rotatable bonds is 5. The summed E-state index contributed by atoms with van der Waals surface area (Å²) < 4.78 is 0. The fourth-order valence-electron chi connectivity index (χ4n) is 1.47. The molecule has 0 aliphatic heterocycles. The molecule has 6 nitrogen and oxygen atoms in total. The number of aliphatic carboxylic acids is 1. The zero-order chi connectivity index (χ0) is 15.1. The molecule has 1 aromatic carbocycles. The van der Waals surface area contributed by atoms with Crippen LogP contribution in [0.5, 0.6) is 0 Å². The van der Waals surface area contributed by atoms with Crippen molar-refractivity contribution in [3.8, 4) is 12.3 Å². The number of carboxylic acids is 1. The standard InChI is InChI=1S/C14H14N2O4/c1-3-4-12(14(19)20)16-13(18)10-5-7-11(8-6-10)15-9(2)17/h1,5-8,12H,4H2,2H3,(H,15,17)(H,16,18)(H,19,20)/t12-/m1/s1. The number of carboxylic acid groups (broad SMARTS) is 1. The van der Waals surface area contributed by atoms with Gasteiger partial charge >= 0.3 is 5.97 Å². The molecular weight excluding hydrogens is 260 g/mol. The molecule has 3 N–H and O–H groups in total. The number of carbonyl (C=O) groups is 3. The molecule has 0 saturated carbocycles. The molecule has 0 unspecified atom stereocenters. The van der Waals surface area contributed by atoms with Gasteiger partial charge in [-0.3, -0.25) is 9.59 Å². The van der Waals surface area contributed by atoms with Gasteiger partial charge in [-0.2, -0.15) is 0 Å². The Bertz CT molecular complexity index is 558. The monoisotopic (exact) mass is 274 g/mol. The van der Waals surface area contributed by atoms with Crippen molar-refractivity contribution < 1.29 is 19.5 Å². The fraction of sp³-hybridized carbons (Fsp3) is 0.214. The van der Waals surface area contributed by atoms with E-state index in [0.29, 0.717) is 5.69 Å². The molecule has 104 valence electrons. The molecule has 2 amide bonds. The third-order valence-electron chi connectivity index (χ3n) is 2.39. The van der Waals surface area contributed by atoms with Crippen molar-refractivity contribution in [3.63, 3.8) is 0 Å². The van der Waals surface area contributed by atoms with E-state index in [1.54, 1.807) is 12.1 Å². The lowest BCUT2D eigenvalue weighted by Gasteiger charge is -2.12. The van der Waals surface area contributed by atoms with Crippen LogP contribution >= 0.6 is 0 Å². The van der Waals surface area contributed by atoms with Gasteiger partial charge in [0.15, 0.2) is 0 Å². The fourth-order valence-corrected chi connectivity index (χ4v) is 1.47. The highest BCUT2D eigenvalue weighted by atomic mass is 16.4. The van der Waals surface area contributed by atoms with Crippen LogP contribution in [0.15, 0.2) is 24.3 Å². The molecule has 0 aromatic heterocycles. The first-order chi connectivity index (χ1) is 9.43. The van der Waals surface area contributed by atoms with E-state index in [2.05, 4.69) is 16.6 Å². The van der Waals surface area contributed by atoms with Gasteiger partial charge in [-0.1, -0.05) is 0 Å². The van der Waals surface area contributed by atoms with Gasteiger partial charge in [0.1, 0.15) is 6.04 Å². The van der Waals surface area contributed by atoms with Gasteiger partial charge in [-0.05, 0) is 24.3 Å². The van der Waals surface area contributed by atoms with Crippen molar-refractivity contribution in [1.82, 2.24) is 5.32 Å². The largest absolute Gasteiger partial charge is 0.480 e. The van der Waals surface area contributed by atoms with Crippen LogP contribution in [0, 0.1) is 12.3 Å². The molecule has 0 spiro atoms. The molecule has 1 aromatic rings. The molecule has 0 heterocycles. The molecule has 1 rings (SSSR count). The number of amides is 2. The number of carbonyl (C=O) groups excluding carboxylic acids is 2. The highest BCUT2D eigenvalue weighted by Gasteiger charge is 2.19. The Morgan fingerprint density at radius 2 is 1.90 bits per heavy atom. The van der Waals surface area contributed by atoms with Crippen LogP contribution in [0.3, 0.4) is 0 Å². The lowest BCUT2D eigenvalue weighted by atomic mass is 10.1. The Hall–Kier alpha value is -2.81. The Morgan fingerprint density at radius 1 is 1.30 bits per heavy atom. The summed E-state index contributed by atoms with van der Waals surface area (Å²) in [7, 11) is 0. The van der Waals surface area contributed by atoms with E-state index in [1.807, 2.05) is 0 Å². The topological polar surface area (TPSA) is 95.5 Å². The summed E-state index contributed by atoms with van der Waals surface area (Å²) in [5.41, 5.74) is 0.829. The molecule has 0 aliphatic rings. The third kappa shape index (κ3) is 4.46. The average molecular weight is 274 g/mol. The maximum absolute atomic E-state index is 11.8. The number of hydrogen-bond donors (Lipinski definition) is 3. The number of hydrogen-bond acceptors (Lipinski definition) is 3. The van der Waals surface area contributed by atoms with Crippen LogP contribution in [0.25, 0.3) is 0 Å². The normalized spacial score (nSPS) is 11.0. The summed E-state index contributed by atoms with van der Waals surface area (Å²) in [6.07, 6.45) is 4.95. The zero-order valence-corrected chi connectivity index (χ0v) is 10.8. The smallest absolute Gasteiger partial charge is 0.327 e. The first-order valence-electron chi connectivity index (χ1n) is 5.79. The van der Waals surface area contributed by atoms with E-state index in [0.717, 1.165) is 0 Å². The van der Waals surface area contributed by atoms with Gasteiger partial charge in [0.25, 0.3) is 5.91 Å². The van der Waals surface area contributed by atoms with Gasteiger partial charge in [0.05, 0.1) is 0 Å². The van der Waals surface area contributed by atoms with Crippen molar-refractivity contribution in [3.05, 3.63) is 29.8 Å². The van der Waals surface area contributed by atoms with Crippen LogP contribution in [-0.2, 0) is 9.59 Å². The lowest BCUT2D eigenvalue weighted by Crippen LogP contribution is -2.40. The Balaban J connectivity index is 2.75. The third-order valence-corrected chi connectivity index (χ3v) is 2.39. The molecule has 0 radical (unpaired) electrons. The summed E-state index contributed by atoms with van der Waals surface area (Å²) in [4.78, 5) is 33.6. The second kappa shape index (κ2) is 6.95. The van der Waals surface area contributed by atoms with Crippen molar-refractivity contribution >= 4 is 23.5 Å². The molecule has 6 heteroatoms. The van der Waals surface area contributed by atoms with Gasteiger partial charge in [0, 0.05) is 24.6 Å². The number of anilines is 1. The Labute approximate surface area is 116 Å². The lowest BCUT2D eigenvalue weighted by molar-refractivity contribution is -0.139. The molecule has 0 fully saturated rings. The number of benzene rings is 1. The molecular formula is C14H14N2O4. The van der Waals surface area contributed by atoms with Gasteiger partial charge in [-0.15, -0.1) is 12.3 Å². The Kier molecular flexibility index (Phi) is 5.30. The van der Waals surface area contributed by atoms with Gasteiger partial charge < -0.3 is 15.7 Å². The number of nitrogens with one attached hydrogen (secondary N) is 2. The van der Waals surface area contributed by atoms with E-state index in [9.17, 15) is 14.4 Å².